The number of carbonyl (C=O) groups excluding carboxylic acids is 1. The van der Waals surface area contributed by atoms with Gasteiger partial charge in [-0.05, 0) is 49.8 Å². The zero-order valence-electron chi connectivity index (χ0n) is 19.9. The molecule has 4 aliphatic rings. The average Bonchev–Trinajstić information content (AvgIpc) is 3.35. The fourth-order valence-electron chi connectivity index (χ4n) is 5.80. The van der Waals surface area contributed by atoms with Crippen LogP contribution in [0.3, 0.4) is 0 Å². The molecule has 1 atom stereocenters. The van der Waals surface area contributed by atoms with Crippen molar-refractivity contribution < 1.29 is 18.0 Å². The van der Waals surface area contributed by atoms with Gasteiger partial charge in [0.2, 0.25) is 5.91 Å². The smallest absolute Gasteiger partial charge is 0.363 e. The SMILES string of the molecule is CC(C)c1nnc2nc(N[C@H](C)c3cccc(C(F)(F)F)c3)c3c(n12)CN(C(=O)C12CC(C1)C2)C3. The van der Waals surface area contributed by atoms with Crippen LogP contribution in [-0.4, -0.2) is 30.4 Å². The predicted octanol–water partition coefficient (Wildman–Crippen LogP) is 5.08. The minimum Gasteiger partial charge on any atom is -0.363 e. The van der Waals surface area contributed by atoms with Crippen molar-refractivity contribution >= 4 is 17.5 Å². The molecule has 1 N–H and O–H groups in total. The van der Waals surface area contributed by atoms with Crippen LogP contribution in [0.5, 0.6) is 0 Å². The van der Waals surface area contributed by atoms with Crippen LogP contribution in [0.15, 0.2) is 24.3 Å². The van der Waals surface area contributed by atoms with E-state index in [9.17, 15) is 18.0 Å². The summed E-state index contributed by atoms with van der Waals surface area (Å²) in [6.07, 6.45) is -1.47. The van der Waals surface area contributed by atoms with Crippen molar-refractivity contribution in [2.75, 3.05) is 5.32 Å². The average molecular weight is 485 g/mol. The Bertz CT molecular complexity index is 1330. The van der Waals surface area contributed by atoms with Crippen molar-refractivity contribution in [3.8, 4) is 0 Å². The molecule has 35 heavy (non-hydrogen) atoms. The summed E-state index contributed by atoms with van der Waals surface area (Å²) in [5.41, 5.74) is 1.41. The lowest BCUT2D eigenvalue weighted by molar-refractivity contribution is -0.177. The van der Waals surface area contributed by atoms with Crippen molar-refractivity contribution in [3.05, 3.63) is 52.5 Å². The summed E-state index contributed by atoms with van der Waals surface area (Å²) in [7, 11) is 0. The van der Waals surface area contributed by atoms with Gasteiger partial charge in [0.25, 0.3) is 5.78 Å². The molecule has 3 fully saturated rings. The Kier molecular flexibility index (Phi) is 4.72. The molecule has 0 saturated heterocycles. The molecule has 0 unspecified atom stereocenters. The van der Waals surface area contributed by atoms with Crippen molar-refractivity contribution in [2.24, 2.45) is 11.3 Å². The molecule has 2 bridgehead atoms. The van der Waals surface area contributed by atoms with Crippen LogP contribution in [0.4, 0.5) is 19.0 Å². The molecule has 2 aromatic heterocycles. The van der Waals surface area contributed by atoms with E-state index in [1.165, 1.54) is 6.07 Å². The third-order valence-electron chi connectivity index (χ3n) is 7.84. The Hall–Kier alpha value is -3.17. The quantitative estimate of drug-likeness (QED) is 0.547. The second-order valence-corrected chi connectivity index (χ2v) is 10.6. The Balaban J connectivity index is 1.37. The third-order valence-corrected chi connectivity index (χ3v) is 7.84. The molecule has 3 aromatic rings. The van der Waals surface area contributed by atoms with Gasteiger partial charge in [-0.25, -0.2) is 0 Å². The van der Waals surface area contributed by atoms with Crippen molar-refractivity contribution in [1.29, 1.82) is 0 Å². The van der Waals surface area contributed by atoms with Gasteiger partial charge < -0.3 is 10.2 Å². The summed E-state index contributed by atoms with van der Waals surface area (Å²) in [6.45, 7) is 6.73. The lowest BCUT2D eigenvalue weighted by Crippen LogP contribution is -2.60. The van der Waals surface area contributed by atoms with Crippen LogP contribution in [0, 0.1) is 11.3 Å². The maximum Gasteiger partial charge on any atom is 0.416 e. The number of nitrogens with one attached hydrogen (secondary N) is 1. The molecular formula is C25H27F3N6O. The molecule has 0 radical (unpaired) electrons. The number of rotatable bonds is 5. The van der Waals surface area contributed by atoms with Crippen LogP contribution in [-0.2, 0) is 24.1 Å². The highest BCUT2D eigenvalue weighted by atomic mass is 19.4. The molecular weight excluding hydrogens is 457 g/mol. The van der Waals surface area contributed by atoms with Crippen LogP contribution in [0.2, 0.25) is 0 Å². The Labute approximate surface area is 200 Å². The lowest BCUT2D eigenvalue weighted by atomic mass is 9.44. The number of nitrogens with zero attached hydrogens (tertiary/aromatic N) is 5. The Morgan fingerprint density at radius 2 is 1.89 bits per heavy atom. The van der Waals surface area contributed by atoms with Gasteiger partial charge in [-0.15, -0.1) is 10.2 Å². The van der Waals surface area contributed by atoms with Gasteiger partial charge in [0.15, 0.2) is 0 Å². The molecule has 7 nitrogen and oxygen atoms in total. The molecule has 3 aliphatic carbocycles. The number of halogens is 3. The zero-order valence-corrected chi connectivity index (χ0v) is 19.9. The normalized spacial score (nSPS) is 23.7. The number of fused-ring (bicyclic) bond motifs is 3. The summed E-state index contributed by atoms with van der Waals surface area (Å²) in [4.78, 5) is 20.0. The van der Waals surface area contributed by atoms with E-state index in [0.717, 1.165) is 48.5 Å². The number of hydrogen-bond acceptors (Lipinski definition) is 5. The van der Waals surface area contributed by atoms with E-state index in [1.54, 1.807) is 13.0 Å². The molecule has 3 saturated carbocycles. The standard InChI is InChI=1S/C25H27F3N6O/c1-13(2)21-31-32-23-30-20(29-14(3)16-5-4-6-17(7-16)25(26,27)28)18-11-33(12-19(18)34(21)23)22(35)24-8-15(9-24)10-24/h4-7,13-15H,8-12H2,1-3H3,(H,29,30,32)/t14-,15?,24?/m1/s1. The number of carbonyl (C=O) groups is 1. The van der Waals surface area contributed by atoms with Crippen LogP contribution in [0.1, 0.15) is 80.2 Å². The Morgan fingerprint density at radius 3 is 2.51 bits per heavy atom. The number of benzene rings is 1. The summed E-state index contributed by atoms with van der Waals surface area (Å²) in [5, 5.41) is 11.9. The van der Waals surface area contributed by atoms with E-state index in [0.29, 0.717) is 36.2 Å². The Morgan fingerprint density at radius 1 is 1.14 bits per heavy atom. The lowest BCUT2D eigenvalue weighted by Gasteiger charge is -2.61. The predicted molar refractivity (Wildman–Crippen MR) is 122 cm³/mol. The summed E-state index contributed by atoms with van der Waals surface area (Å²) < 4.78 is 41.7. The van der Waals surface area contributed by atoms with E-state index in [4.69, 9.17) is 4.98 Å². The van der Waals surface area contributed by atoms with Gasteiger partial charge in [0.1, 0.15) is 11.6 Å². The maximum absolute atomic E-state index is 13.4. The first-order valence-electron chi connectivity index (χ1n) is 12.1. The van der Waals surface area contributed by atoms with E-state index >= 15 is 0 Å². The van der Waals surface area contributed by atoms with Crippen molar-refractivity contribution in [2.45, 2.75) is 71.3 Å². The van der Waals surface area contributed by atoms with Gasteiger partial charge in [-0.1, -0.05) is 26.0 Å². The molecule has 3 heterocycles. The van der Waals surface area contributed by atoms with E-state index in [1.807, 2.05) is 23.1 Å². The molecule has 1 aromatic carbocycles. The highest BCUT2D eigenvalue weighted by molar-refractivity contribution is 5.86. The molecule has 1 amide bonds. The highest BCUT2D eigenvalue weighted by Crippen LogP contribution is 2.65. The topological polar surface area (TPSA) is 75.4 Å². The maximum atomic E-state index is 13.4. The van der Waals surface area contributed by atoms with Gasteiger partial charge >= 0.3 is 6.18 Å². The summed E-state index contributed by atoms with van der Waals surface area (Å²) >= 11 is 0. The van der Waals surface area contributed by atoms with E-state index in [2.05, 4.69) is 15.5 Å². The number of amides is 1. The van der Waals surface area contributed by atoms with Gasteiger partial charge in [-0.3, -0.25) is 9.20 Å². The van der Waals surface area contributed by atoms with Crippen LogP contribution in [0.25, 0.3) is 5.78 Å². The highest BCUT2D eigenvalue weighted by Gasteiger charge is 2.62. The number of hydrogen-bond donors (Lipinski definition) is 1. The van der Waals surface area contributed by atoms with Gasteiger partial charge in [0.05, 0.1) is 29.8 Å². The first-order chi connectivity index (χ1) is 16.6. The minimum absolute atomic E-state index is 0.112. The molecule has 7 rings (SSSR count). The minimum atomic E-state index is -4.41. The monoisotopic (exact) mass is 484 g/mol. The second-order valence-electron chi connectivity index (χ2n) is 10.6. The molecule has 184 valence electrons. The molecule has 10 heteroatoms. The molecule has 1 aliphatic heterocycles. The van der Waals surface area contributed by atoms with E-state index in [-0.39, 0.29) is 17.2 Å². The van der Waals surface area contributed by atoms with Crippen molar-refractivity contribution in [1.82, 2.24) is 24.5 Å². The van der Waals surface area contributed by atoms with Crippen LogP contribution >= 0.6 is 0 Å². The summed E-state index contributed by atoms with van der Waals surface area (Å²) in [6, 6.07) is 4.86. The van der Waals surface area contributed by atoms with Crippen molar-refractivity contribution in [3.63, 3.8) is 0 Å². The second kappa shape index (κ2) is 7.41. The fraction of sp³-hybridized carbons (Fsp3) is 0.520. The number of aromatic nitrogens is 4. The fourth-order valence-corrected chi connectivity index (χ4v) is 5.80. The first-order valence-corrected chi connectivity index (χ1v) is 12.1. The first kappa shape index (κ1) is 22.3. The van der Waals surface area contributed by atoms with Crippen LogP contribution < -0.4 is 5.32 Å². The zero-order chi connectivity index (χ0) is 24.7. The summed E-state index contributed by atoms with van der Waals surface area (Å²) in [5.74, 6) is 2.75. The number of anilines is 1. The largest absolute Gasteiger partial charge is 0.416 e. The van der Waals surface area contributed by atoms with Gasteiger partial charge in [-0.2, -0.15) is 18.2 Å². The molecule has 0 spiro atoms. The van der Waals surface area contributed by atoms with Gasteiger partial charge in [0, 0.05) is 17.5 Å². The third kappa shape index (κ3) is 3.40. The number of alkyl halides is 3. The van der Waals surface area contributed by atoms with E-state index < -0.39 is 17.8 Å².